The lowest BCUT2D eigenvalue weighted by molar-refractivity contribution is 0.0166. The van der Waals surface area contributed by atoms with Crippen LogP contribution in [0.15, 0.2) is 0 Å². The minimum absolute atomic E-state index is 0.368. The molecule has 2 aliphatic rings. The van der Waals surface area contributed by atoms with Crippen molar-refractivity contribution in [2.45, 2.75) is 38.2 Å². The van der Waals surface area contributed by atoms with E-state index in [0.29, 0.717) is 6.10 Å². The molecule has 0 radical (unpaired) electrons. The molecule has 0 aromatic rings. The normalized spacial score (nSPS) is 26.1. The highest BCUT2D eigenvalue weighted by Crippen LogP contribution is 2.14. The van der Waals surface area contributed by atoms with Crippen molar-refractivity contribution < 1.29 is 9.47 Å². The van der Waals surface area contributed by atoms with Crippen molar-refractivity contribution in [3.8, 4) is 0 Å². The highest BCUT2D eigenvalue weighted by Gasteiger charge is 2.16. The zero-order valence-electron chi connectivity index (χ0n) is 12.4. The predicted octanol–water partition coefficient (Wildman–Crippen LogP) is 1.50. The van der Waals surface area contributed by atoms with Gasteiger partial charge in [0.25, 0.3) is 0 Å². The molecule has 0 aliphatic carbocycles. The molecular weight excluding hydrogens is 240 g/mol. The van der Waals surface area contributed by atoms with Gasteiger partial charge in [-0.25, -0.2) is 0 Å². The van der Waals surface area contributed by atoms with Gasteiger partial charge in [-0.05, 0) is 71.2 Å². The topological polar surface area (TPSA) is 33.7 Å². The Morgan fingerprint density at radius 1 is 1.26 bits per heavy atom. The summed E-state index contributed by atoms with van der Waals surface area (Å²) in [6, 6.07) is 0. The Labute approximate surface area is 117 Å². The Morgan fingerprint density at radius 3 is 2.84 bits per heavy atom. The Balaban J connectivity index is 1.36. The lowest BCUT2D eigenvalue weighted by Gasteiger charge is -2.29. The first-order chi connectivity index (χ1) is 9.34. The first-order valence-electron chi connectivity index (χ1n) is 7.93. The van der Waals surface area contributed by atoms with Crippen molar-refractivity contribution in [3.63, 3.8) is 0 Å². The van der Waals surface area contributed by atoms with Crippen LogP contribution in [0, 0.1) is 5.92 Å². The second kappa shape index (κ2) is 8.90. The Morgan fingerprint density at radius 2 is 2.11 bits per heavy atom. The fraction of sp³-hybridized carbons (Fsp3) is 1.00. The van der Waals surface area contributed by atoms with Crippen LogP contribution in [0.4, 0.5) is 0 Å². The van der Waals surface area contributed by atoms with E-state index >= 15 is 0 Å². The summed E-state index contributed by atoms with van der Waals surface area (Å²) in [5.74, 6) is 0.879. The molecule has 2 aliphatic heterocycles. The number of hydrogen-bond donors (Lipinski definition) is 1. The minimum atomic E-state index is 0.368. The monoisotopic (exact) mass is 270 g/mol. The largest absolute Gasteiger partial charge is 0.379 e. The smallest absolute Gasteiger partial charge is 0.0809 e. The first-order valence-corrected chi connectivity index (χ1v) is 7.93. The van der Waals surface area contributed by atoms with E-state index in [-0.39, 0.29) is 0 Å². The van der Waals surface area contributed by atoms with Crippen molar-refractivity contribution in [2.75, 3.05) is 53.0 Å². The number of likely N-dealkylation sites (tertiary alicyclic amines) is 1. The Kier molecular flexibility index (Phi) is 7.14. The zero-order chi connectivity index (χ0) is 13.3. The van der Waals surface area contributed by atoms with E-state index in [9.17, 15) is 0 Å². The molecule has 0 bridgehead atoms. The second-order valence-electron chi connectivity index (χ2n) is 6.01. The summed E-state index contributed by atoms with van der Waals surface area (Å²) in [7, 11) is 2.22. The lowest BCUT2D eigenvalue weighted by atomic mass is 9.97. The van der Waals surface area contributed by atoms with E-state index in [4.69, 9.17) is 9.47 Å². The highest BCUT2D eigenvalue weighted by molar-refractivity contribution is 4.71. The van der Waals surface area contributed by atoms with Crippen LogP contribution in [0.3, 0.4) is 0 Å². The molecule has 0 aromatic heterocycles. The maximum absolute atomic E-state index is 5.65. The van der Waals surface area contributed by atoms with Crippen molar-refractivity contribution >= 4 is 0 Å². The minimum Gasteiger partial charge on any atom is -0.379 e. The molecule has 0 amide bonds. The lowest BCUT2D eigenvalue weighted by Crippen LogP contribution is -2.35. The summed E-state index contributed by atoms with van der Waals surface area (Å²) in [6.07, 6.45) is 6.55. The van der Waals surface area contributed by atoms with Gasteiger partial charge in [-0.15, -0.1) is 0 Å². The summed E-state index contributed by atoms with van der Waals surface area (Å²) < 4.78 is 11.2. The van der Waals surface area contributed by atoms with Crippen LogP contribution >= 0.6 is 0 Å². The van der Waals surface area contributed by atoms with Gasteiger partial charge >= 0.3 is 0 Å². The van der Waals surface area contributed by atoms with Crippen LogP contribution in [0.5, 0.6) is 0 Å². The number of hydrogen-bond acceptors (Lipinski definition) is 4. The molecular formula is C15H30N2O2. The molecule has 112 valence electrons. The van der Waals surface area contributed by atoms with E-state index in [2.05, 4.69) is 17.3 Å². The molecule has 1 unspecified atom stereocenters. The zero-order valence-corrected chi connectivity index (χ0v) is 12.4. The molecule has 0 saturated carbocycles. The van der Waals surface area contributed by atoms with Gasteiger partial charge in [-0.3, -0.25) is 0 Å². The van der Waals surface area contributed by atoms with E-state index in [0.717, 1.165) is 38.7 Å². The van der Waals surface area contributed by atoms with E-state index in [1.165, 1.54) is 45.3 Å². The molecule has 4 nitrogen and oxygen atoms in total. The molecule has 0 spiro atoms. The number of piperidine rings is 1. The highest BCUT2D eigenvalue weighted by atomic mass is 16.5. The van der Waals surface area contributed by atoms with Crippen molar-refractivity contribution in [2.24, 2.45) is 5.92 Å². The van der Waals surface area contributed by atoms with Crippen LogP contribution in [0.25, 0.3) is 0 Å². The van der Waals surface area contributed by atoms with Crippen molar-refractivity contribution in [1.29, 1.82) is 0 Å². The van der Waals surface area contributed by atoms with Crippen LogP contribution in [0.1, 0.15) is 32.1 Å². The van der Waals surface area contributed by atoms with Gasteiger partial charge in [0, 0.05) is 13.2 Å². The third kappa shape index (κ3) is 6.21. The van der Waals surface area contributed by atoms with Crippen molar-refractivity contribution in [1.82, 2.24) is 10.2 Å². The van der Waals surface area contributed by atoms with Gasteiger partial charge in [0.1, 0.15) is 0 Å². The standard InChI is InChI=1S/C15H30N2O2/c1-17-8-5-14(6-9-17)12-16-7-3-10-18-13-15-4-2-11-19-15/h14-16H,2-13H2,1H3. The molecule has 1 N–H and O–H groups in total. The maximum Gasteiger partial charge on any atom is 0.0809 e. The summed E-state index contributed by atoms with van der Waals surface area (Å²) in [6.45, 7) is 7.35. The summed E-state index contributed by atoms with van der Waals surface area (Å²) in [5.41, 5.74) is 0. The van der Waals surface area contributed by atoms with Gasteiger partial charge < -0.3 is 19.7 Å². The Bertz CT molecular complexity index is 224. The van der Waals surface area contributed by atoms with Crippen LogP contribution in [0.2, 0.25) is 0 Å². The second-order valence-corrected chi connectivity index (χ2v) is 6.01. The fourth-order valence-electron chi connectivity index (χ4n) is 2.86. The van der Waals surface area contributed by atoms with Gasteiger partial charge in [0.2, 0.25) is 0 Å². The average Bonchev–Trinajstić information content (AvgIpc) is 2.93. The maximum atomic E-state index is 5.65. The third-order valence-corrected chi connectivity index (χ3v) is 4.24. The van der Waals surface area contributed by atoms with Crippen LogP contribution in [-0.2, 0) is 9.47 Å². The molecule has 2 fully saturated rings. The average molecular weight is 270 g/mol. The Hall–Kier alpha value is -0.160. The van der Waals surface area contributed by atoms with Gasteiger partial charge in [0.05, 0.1) is 12.7 Å². The van der Waals surface area contributed by atoms with Gasteiger partial charge in [-0.1, -0.05) is 0 Å². The molecule has 4 heteroatoms. The fourth-order valence-corrected chi connectivity index (χ4v) is 2.86. The van der Waals surface area contributed by atoms with E-state index in [1.54, 1.807) is 0 Å². The molecule has 1 atom stereocenters. The molecule has 2 heterocycles. The molecule has 0 aromatic carbocycles. The molecule has 2 rings (SSSR count). The van der Waals surface area contributed by atoms with E-state index in [1.807, 2.05) is 0 Å². The number of rotatable bonds is 8. The summed E-state index contributed by atoms with van der Waals surface area (Å²) in [4.78, 5) is 2.43. The summed E-state index contributed by atoms with van der Waals surface area (Å²) >= 11 is 0. The quantitative estimate of drug-likeness (QED) is 0.678. The van der Waals surface area contributed by atoms with E-state index < -0.39 is 0 Å². The van der Waals surface area contributed by atoms with Crippen LogP contribution in [-0.4, -0.2) is 64.1 Å². The number of nitrogens with zero attached hydrogens (tertiary/aromatic N) is 1. The number of ether oxygens (including phenoxy) is 2. The van der Waals surface area contributed by atoms with Crippen LogP contribution < -0.4 is 5.32 Å². The third-order valence-electron chi connectivity index (χ3n) is 4.24. The van der Waals surface area contributed by atoms with Gasteiger partial charge in [-0.2, -0.15) is 0 Å². The number of nitrogens with one attached hydrogen (secondary N) is 1. The van der Waals surface area contributed by atoms with Gasteiger partial charge in [0.15, 0.2) is 0 Å². The molecule has 19 heavy (non-hydrogen) atoms. The van der Waals surface area contributed by atoms with Crippen molar-refractivity contribution in [3.05, 3.63) is 0 Å². The summed E-state index contributed by atoms with van der Waals surface area (Å²) in [5, 5.41) is 3.57. The first kappa shape index (κ1) is 15.2. The predicted molar refractivity (Wildman–Crippen MR) is 77.5 cm³/mol. The SMILES string of the molecule is CN1CCC(CNCCCOCC2CCCO2)CC1. The molecule has 2 saturated heterocycles.